The van der Waals surface area contributed by atoms with E-state index in [1.807, 2.05) is 24.3 Å². The molecule has 2 unspecified atom stereocenters. The number of fused-ring (bicyclic) bond motifs is 3. The van der Waals surface area contributed by atoms with Crippen LogP contribution >= 0.6 is 11.6 Å². The molecule has 11 nitrogen and oxygen atoms in total. The van der Waals surface area contributed by atoms with E-state index in [1.54, 1.807) is 65.4 Å². The molecule has 5 aliphatic heterocycles. The van der Waals surface area contributed by atoms with Gasteiger partial charge in [-0.05, 0) is 108 Å². The Labute approximate surface area is 349 Å². The lowest BCUT2D eigenvalue weighted by Crippen LogP contribution is -2.52. The molecule has 59 heavy (non-hydrogen) atoms. The summed E-state index contributed by atoms with van der Waals surface area (Å²) in [7, 11) is 1.77. The zero-order valence-electron chi connectivity index (χ0n) is 33.1. The van der Waals surface area contributed by atoms with Crippen LogP contribution < -0.4 is 9.64 Å². The highest BCUT2D eigenvalue weighted by Crippen LogP contribution is 2.47. The molecule has 4 aromatic carbocycles. The van der Waals surface area contributed by atoms with Crippen molar-refractivity contribution in [1.29, 1.82) is 0 Å². The molecule has 3 atom stereocenters. The topological polar surface area (TPSA) is 106 Å². The number of morpholine rings is 1. The van der Waals surface area contributed by atoms with E-state index >= 15 is 4.79 Å². The Balaban J connectivity index is 1.08. The minimum atomic E-state index is -0.460. The highest BCUT2D eigenvalue weighted by molar-refractivity contribution is 6.30. The van der Waals surface area contributed by atoms with E-state index in [2.05, 4.69) is 45.0 Å². The molecule has 2 saturated heterocycles. The first-order valence-corrected chi connectivity index (χ1v) is 20.8. The van der Waals surface area contributed by atoms with Crippen LogP contribution in [0.4, 0.5) is 10.5 Å². The minimum absolute atomic E-state index is 0.0505. The maximum absolute atomic E-state index is 15.5. The number of phenolic OH excluding ortho intramolecular Hbond substituents is 1. The summed E-state index contributed by atoms with van der Waals surface area (Å²) in [6.45, 7) is 5.57. The van der Waals surface area contributed by atoms with Crippen molar-refractivity contribution in [2.24, 2.45) is 5.92 Å². The first kappa shape index (κ1) is 38.9. The maximum Gasteiger partial charge on any atom is 0.415 e. The SMILES string of the molecule is CN(C(=O)C1CC(c2cc3c(cc2C(=O)N2Cc4ccccc4C[C@H]2CN2CCOCC2)CN(C(=O)Oc2ccc(Cl)cc2)CC3)N2CC=CC=C12)c1ccc(O)cc1. The van der Waals surface area contributed by atoms with E-state index < -0.39 is 12.0 Å². The number of halogens is 1. The Morgan fingerprint density at radius 2 is 1.66 bits per heavy atom. The van der Waals surface area contributed by atoms with Crippen LogP contribution in [0.5, 0.6) is 11.5 Å². The van der Waals surface area contributed by atoms with E-state index in [1.165, 1.54) is 5.56 Å². The molecule has 9 rings (SSSR count). The van der Waals surface area contributed by atoms with Gasteiger partial charge >= 0.3 is 6.09 Å². The number of ether oxygens (including phenoxy) is 2. The number of anilines is 1. The first-order chi connectivity index (χ1) is 28.7. The van der Waals surface area contributed by atoms with Crippen LogP contribution in [0.3, 0.4) is 0 Å². The number of allylic oxidation sites excluding steroid dienone is 2. The van der Waals surface area contributed by atoms with Crippen LogP contribution in [-0.4, -0.2) is 102 Å². The van der Waals surface area contributed by atoms with Crippen molar-refractivity contribution in [2.45, 2.75) is 44.4 Å². The van der Waals surface area contributed by atoms with Gasteiger partial charge in [0.2, 0.25) is 5.91 Å². The molecule has 5 heterocycles. The fourth-order valence-corrected chi connectivity index (χ4v) is 9.46. The number of carbonyl (C=O) groups is 3. The summed E-state index contributed by atoms with van der Waals surface area (Å²) in [5.41, 5.74) is 7.51. The third-order valence-corrected chi connectivity index (χ3v) is 12.8. The van der Waals surface area contributed by atoms with Crippen LogP contribution in [0, 0.1) is 5.92 Å². The normalized spacial score (nSPS) is 21.3. The van der Waals surface area contributed by atoms with Gasteiger partial charge in [0, 0.05) is 80.9 Å². The summed E-state index contributed by atoms with van der Waals surface area (Å²) in [4.78, 5) is 53.5. The second-order valence-corrected chi connectivity index (χ2v) is 16.5. The number of hydrogen-bond donors (Lipinski definition) is 1. The Bertz CT molecular complexity index is 2310. The van der Waals surface area contributed by atoms with Gasteiger partial charge in [0.05, 0.1) is 25.2 Å². The van der Waals surface area contributed by atoms with E-state index in [9.17, 15) is 14.7 Å². The molecule has 0 bridgehead atoms. The zero-order chi connectivity index (χ0) is 40.6. The summed E-state index contributed by atoms with van der Waals surface area (Å²) < 4.78 is 11.4. The number of amides is 3. The van der Waals surface area contributed by atoms with Gasteiger partial charge in [-0.15, -0.1) is 0 Å². The first-order valence-electron chi connectivity index (χ1n) is 20.5. The lowest BCUT2D eigenvalue weighted by molar-refractivity contribution is -0.121. The predicted octanol–water partition coefficient (Wildman–Crippen LogP) is 6.98. The van der Waals surface area contributed by atoms with Crippen molar-refractivity contribution in [1.82, 2.24) is 19.6 Å². The predicted molar refractivity (Wildman–Crippen MR) is 225 cm³/mol. The van der Waals surface area contributed by atoms with Gasteiger partial charge in [-0.2, -0.15) is 0 Å². The standard InChI is InChI=1S/C47H48ClN5O6/c1-49(36-11-13-38(54)14-12-36)45(55)42-27-44(52-18-5-4-8-43(42)52)40-25-32-17-19-51(47(57)59-39-15-9-35(48)10-16-39)28-34(32)26-41(40)46(56)53-29-33-7-3-2-6-31(33)24-37(53)30-50-20-22-58-23-21-50/h2-16,25-26,37,42,44,54H,17-24,27-30H2,1H3/t37-,42?,44?/m0/s1. The number of aromatic hydroxyl groups is 1. The van der Waals surface area contributed by atoms with Crippen LogP contribution in [0.15, 0.2) is 109 Å². The van der Waals surface area contributed by atoms with Gasteiger partial charge in [-0.3, -0.25) is 14.5 Å². The monoisotopic (exact) mass is 813 g/mol. The lowest BCUT2D eigenvalue weighted by atomic mass is 9.87. The fourth-order valence-electron chi connectivity index (χ4n) is 9.33. The summed E-state index contributed by atoms with van der Waals surface area (Å²) in [5, 5.41) is 10.5. The Hall–Kier alpha value is -5.62. The van der Waals surface area contributed by atoms with Gasteiger partial charge in [0.25, 0.3) is 5.91 Å². The van der Waals surface area contributed by atoms with E-state index in [4.69, 9.17) is 21.1 Å². The Kier molecular flexibility index (Phi) is 10.9. The number of hydrogen-bond acceptors (Lipinski definition) is 8. The molecule has 12 heteroatoms. The number of phenols is 1. The number of carbonyl (C=O) groups excluding carboxylic acids is 3. The van der Waals surface area contributed by atoms with Crippen LogP contribution in [0.2, 0.25) is 5.02 Å². The fraction of sp³-hybridized carbons (Fsp3) is 0.340. The zero-order valence-corrected chi connectivity index (χ0v) is 33.9. The van der Waals surface area contributed by atoms with Crippen molar-refractivity contribution >= 4 is 35.2 Å². The van der Waals surface area contributed by atoms with Gasteiger partial charge in [-0.25, -0.2) is 4.79 Å². The third-order valence-electron chi connectivity index (χ3n) is 12.5. The lowest BCUT2D eigenvalue weighted by Gasteiger charge is -2.41. The van der Waals surface area contributed by atoms with Crippen LogP contribution in [0.25, 0.3) is 0 Å². The van der Waals surface area contributed by atoms with Crippen molar-refractivity contribution in [3.05, 3.63) is 147 Å². The Morgan fingerprint density at radius 3 is 2.44 bits per heavy atom. The summed E-state index contributed by atoms with van der Waals surface area (Å²) in [5.74, 6) is -0.00255. The maximum atomic E-state index is 15.5. The smallest absolute Gasteiger partial charge is 0.415 e. The average molecular weight is 814 g/mol. The van der Waals surface area contributed by atoms with Crippen LogP contribution in [0.1, 0.15) is 50.6 Å². The number of benzene rings is 4. The molecular weight excluding hydrogens is 766 g/mol. The summed E-state index contributed by atoms with van der Waals surface area (Å²) in [6, 6.07) is 25.7. The Morgan fingerprint density at radius 1 is 0.898 bits per heavy atom. The number of nitrogens with zero attached hydrogens (tertiary/aromatic N) is 5. The van der Waals surface area contributed by atoms with Crippen LogP contribution in [-0.2, 0) is 35.5 Å². The minimum Gasteiger partial charge on any atom is -0.508 e. The highest BCUT2D eigenvalue weighted by atomic mass is 35.5. The highest BCUT2D eigenvalue weighted by Gasteiger charge is 2.44. The molecule has 0 spiro atoms. The average Bonchev–Trinajstić information content (AvgIpc) is 3.65. The molecule has 3 amide bonds. The molecule has 304 valence electrons. The quantitative estimate of drug-likeness (QED) is 0.213. The number of rotatable bonds is 7. The molecule has 0 aliphatic carbocycles. The molecule has 1 N–H and O–H groups in total. The third kappa shape index (κ3) is 7.94. The van der Waals surface area contributed by atoms with Gasteiger partial charge in [0.15, 0.2) is 0 Å². The molecule has 4 aromatic rings. The molecule has 2 fully saturated rings. The second kappa shape index (κ2) is 16.6. The van der Waals surface area contributed by atoms with Crippen molar-refractivity contribution in [2.75, 3.05) is 57.9 Å². The summed E-state index contributed by atoms with van der Waals surface area (Å²) >= 11 is 6.07. The van der Waals surface area contributed by atoms with Gasteiger partial charge in [0.1, 0.15) is 11.5 Å². The second-order valence-electron chi connectivity index (χ2n) is 16.1. The van der Waals surface area contributed by atoms with Crippen molar-refractivity contribution in [3.63, 3.8) is 0 Å². The van der Waals surface area contributed by atoms with Gasteiger partial charge < -0.3 is 34.2 Å². The van der Waals surface area contributed by atoms with E-state index in [0.717, 1.165) is 54.0 Å². The molecule has 5 aliphatic rings. The molecule has 0 aromatic heterocycles. The molecule has 0 radical (unpaired) electrons. The van der Waals surface area contributed by atoms with Gasteiger partial charge in [-0.1, -0.05) is 54.1 Å². The largest absolute Gasteiger partial charge is 0.508 e. The molecular formula is C47H48ClN5O6. The van der Waals surface area contributed by atoms with E-state index in [0.29, 0.717) is 74.3 Å². The van der Waals surface area contributed by atoms with Crippen molar-refractivity contribution < 1.29 is 29.0 Å². The molecule has 0 saturated carbocycles. The summed E-state index contributed by atoms with van der Waals surface area (Å²) in [6.07, 6.45) is 7.50. The van der Waals surface area contributed by atoms with E-state index in [-0.39, 0.29) is 29.6 Å². The van der Waals surface area contributed by atoms with Crippen molar-refractivity contribution in [3.8, 4) is 11.5 Å².